The van der Waals surface area contributed by atoms with Crippen LogP contribution in [0.15, 0.2) is 44.3 Å². The van der Waals surface area contributed by atoms with Crippen molar-refractivity contribution < 1.29 is 36.6 Å². The quantitative estimate of drug-likeness (QED) is 0.258. The van der Waals surface area contributed by atoms with Crippen LogP contribution in [0.25, 0.3) is 0 Å². The highest BCUT2D eigenvalue weighted by atomic mass is 32.2. The number of halogens is 3. The van der Waals surface area contributed by atoms with Crippen LogP contribution < -0.4 is 5.73 Å². The first-order chi connectivity index (χ1) is 15.6. The fourth-order valence-electron chi connectivity index (χ4n) is 3.18. The number of aliphatic carboxylic acids is 1. The monoisotopic (exact) mass is 539 g/mol. The number of rotatable bonds is 5. The number of thiophene rings is 1. The van der Waals surface area contributed by atoms with Gasteiger partial charge in [-0.25, -0.2) is 13.2 Å². The molecule has 0 radical (unpaired) electrons. The number of nitrogens with zero attached hydrogens (tertiary/aromatic N) is 1. The minimum atomic E-state index is -5.08. The standard InChI is InChI=1S/C18H23N3O3S3.C2HF3O2/c1-21-8-6-18(22,7-9-21)12-4-3-5-13(10-12)27(23,24)15-11-14(16(19)20)26-17(15)25-2;3-2(4,5)1(6)7/h3-5,10-11,22H,6-9H2,1-2H3,(H3,19,20);(H,6,7). The van der Waals surface area contributed by atoms with Crippen LogP contribution >= 0.6 is 23.1 Å². The normalized spacial score (nSPS) is 16.4. The number of sulfone groups is 1. The van der Waals surface area contributed by atoms with E-state index in [2.05, 4.69) is 4.90 Å². The van der Waals surface area contributed by atoms with Crippen molar-refractivity contribution in [1.29, 1.82) is 5.41 Å². The predicted molar refractivity (Wildman–Crippen MR) is 123 cm³/mol. The summed E-state index contributed by atoms with van der Waals surface area (Å²) in [6, 6.07) is 8.05. The first-order valence-corrected chi connectivity index (χ1v) is 13.2. The summed E-state index contributed by atoms with van der Waals surface area (Å²) in [5.41, 5.74) is 5.15. The van der Waals surface area contributed by atoms with Crippen molar-refractivity contribution >= 4 is 44.7 Å². The van der Waals surface area contributed by atoms with Crippen molar-refractivity contribution in [3.05, 3.63) is 40.8 Å². The fraction of sp³-hybridized carbons (Fsp3) is 0.400. The van der Waals surface area contributed by atoms with E-state index in [0.29, 0.717) is 27.5 Å². The number of thioether (sulfide) groups is 1. The molecule has 34 heavy (non-hydrogen) atoms. The molecule has 0 bridgehead atoms. The Balaban J connectivity index is 0.000000509. The number of piperidine rings is 1. The van der Waals surface area contributed by atoms with Gasteiger partial charge in [0.15, 0.2) is 0 Å². The van der Waals surface area contributed by atoms with E-state index in [4.69, 9.17) is 21.0 Å². The predicted octanol–water partition coefficient (Wildman–Crippen LogP) is 3.13. The van der Waals surface area contributed by atoms with Crippen LogP contribution in [0.2, 0.25) is 0 Å². The lowest BCUT2D eigenvalue weighted by atomic mass is 9.85. The van der Waals surface area contributed by atoms with Crippen LogP contribution in [0.4, 0.5) is 13.2 Å². The SMILES string of the molecule is CSc1sc(C(=N)N)cc1S(=O)(=O)c1cccc(C2(O)CCN(C)CC2)c1.O=C(O)C(F)(F)F. The second-order valence-electron chi connectivity index (χ2n) is 7.55. The van der Waals surface area contributed by atoms with E-state index in [1.54, 1.807) is 30.5 Å². The third-order valence-electron chi connectivity index (χ3n) is 5.14. The van der Waals surface area contributed by atoms with Crippen LogP contribution in [-0.4, -0.2) is 67.9 Å². The molecule has 0 spiro atoms. The summed E-state index contributed by atoms with van der Waals surface area (Å²) < 4.78 is 58.8. The van der Waals surface area contributed by atoms with Gasteiger partial charge < -0.3 is 20.8 Å². The van der Waals surface area contributed by atoms with Crippen molar-refractivity contribution in [3.8, 4) is 0 Å². The van der Waals surface area contributed by atoms with Crippen LogP contribution in [0.1, 0.15) is 23.3 Å². The number of aliphatic hydroxyl groups is 1. The van der Waals surface area contributed by atoms with Crippen molar-refractivity contribution in [1.82, 2.24) is 4.90 Å². The van der Waals surface area contributed by atoms with Crippen molar-refractivity contribution in [2.24, 2.45) is 5.73 Å². The number of amidine groups is 1. The molecule has 0 unspecified atom stereocenters. The molecule has 188 valence electrons. The van der Waals surface area contributed by atoms with Gasteiger partial charge in [0.25, 0.3) is 0 Å². The highest BCUT2D eigenvalue weighted by Crippen LogP contribution is 2.38. The van der Waals surface area contributed by atoms with Crippen LogP contribution in [0, 0.1) is 5.41 Å². The summed E-state index contributed by atoms with van der Waals surface area (Å²) in [6.45, 7) is 1.52. The number of carbonyl (C=O) groups is 1. The van der Waals surface area contributed by atoms with Gasteiger partial charge in [0.2, 0.25) is 9.84 Å². The Bertz CT molecular complexity index is 1160. The van der Waals surface area contributed by atoms with Gasteiger partial charge in [0.1, 0.15) is 5.84 Å². The van der Waals surface area contributed by atoms with Gasteiger partial charge in [0.05, 0.1) is 24.5 Å². The summed E-state index contributed by atoms with van der Waals surface area (Å²) in [6.07, 6.45) is -2.15. The molecule has 0 amide bonds. The maximum absolute atomic E-state index is 13.2. The lowest BCUT2D eigenvalue weighted by molar-refractivity contribution is -0.192. The number of nitrogens with one attached hydrogen (secondary N) is 1. The Morgan fingerprint density at radius 2 is 1.82 bits per heavy atom. The Morgan fingerprint density at radius 3 is 2.29 bits per heavy atom. The second kappa shape index (κ2) is 10.6. The maximum Gasteiger partial charge on any atom is 0.490 e. The second-order valence-corrected chi connectivity index (χ2v) is 11.6. The van der Waals surface area contributed by atoms with E-state index in [1.165, 1.54) is 29.2 Å². The minimum Gasteiger partial charge on any atom is -0.475 e. The molecule has 3 rings (SSSR count). The Kier molecular flexibility index (Phi) is 8.80. The van der Waals surface area contributed by atoms with E-state index in [1.807, 2.05) is 7.05 Å². The Hall–Kier alpha value is -2.13. The highest BCUT2D eigenvalue weighted by Gasteiger charge is 2.38. The van der Waals surface area contributed by atoms with Crippen molar-refractivity contribution in [2.75, 3.05) is 26.4 Å². The average Bonchev–Trinajstić information content (AvgIpc) is 3.22. The molecule has 14 heteroatoms. The zero-order valence-corrected chi connectivity index (χ0v) is 20.7. The van der Waals surface area contributed by atoms with Crippen LogP contribution in [-0.2, 0) is 20.2 Å². The molecule has 1 aromatic carbocycles. The number of nitrogen functional groups attached to an aromatic ring is 1. The molecular weight excluding hydrogens is 515 g/mol. The van der Waals surface area contributed by atoms with Crippen LogP contribution in [0.3, 0.4) is 0 Å². The molecule has 0 atom stereocenters. The molecule has 1 aliphatic rings. The van der Waals surface area contributed by atoms with Gasteiger partial charge in [0, 0.05) is 13.1 Å². The topological polar surface area (TPSA) is 145 Å². The van der Waals surface area contributed by atoms with Gasteiger partial charge in [-0.3, -0.25) is 5.41 Å². The average molecular weight is 540 g/mol. The van der Waals surface area contributed by atoms with Crippen molar-refractivity contribution in [3.63, 3.8) is 0 Å². The molecule has 2 heterocycles. The smallest absolute Gasteiger partial charge is 0.475 e. The number of carboxylic acids is 1. The maximum atomic E-state index is 13.2. The van der Waals surface area contributed by atoms with Gasteiger partial charge in [-0.1, -0.05) is 12.1 Å². The first-order valence-electron chi connectivity index (χ1n) is 9.70. The van der Waals surface area contributed by atoms with E-state index in [9.17, 15) is 26.7 Å². The number of hydrogen-bond donors (Lipinski definition) is 4. The highest BCUT2D eigenvalue weighted by molar-refractivity contribution is 8.01. The molecule has 1 saturated heterocycles. The number of carboxylic acid groups (broad SMARTS) is 1. The Labute approximate surface area is 203 Å². The van der Waals surface area contributed by atoms with Gasteiger partial charge >= 0.3 is 12.1 Å². The summed E-state index contributed by atoms with van der Waals surface area (Å²) in [5, 5.41) is 25.7. The summed E-state index contributed by atoms with van der Waals surface area (Å²) in [4.78, 5) is 11.8. The van der Waals surface area contributed by atoms with Crippen LogP contribution in [0.5, 0.6) is 0 Å². The van der Waals surface area contributed by atoms with Gasteiger partial charge in [-0.2, -0.15) is 13.2 Å². The van der Waals surface area contributed by atoms with E-state index < -0.39 is 27.6 Å². The Morgan fingerprint density at radius 1 is 1.26 bits per heavy atom. The zero-order valence-electron chi connectivity index (χ0n) is 18.2. The molecule has 8 nitrogen and oxygen atoms in total. The molecular formula is C20H24F3N3O5S3. The molecule has 1 fully saturated rings. The number of hydrogen-bond acceptors (Lipinski definition) is 8. The summed E-state index contributed by atoms with van der Waals surface area (Å²) in [5.74, 6) is -2.90. The number of benzene rings is 1. The third-order valence-corrected chi connectivity index (χ3v) is 9.48. The lowest BCUT2D eigenvalue weighted by Crippen LogP contribution is -2.40. The largest absolute Gasteiger partial charge is 0.490 e. The molecule has 5 N–H and O–H groups in total. The molecule has 0 saturated carbocycles. The van der Waals surface area contributed by atoms with E-state index >= 15 is 0 Å². The molecule has 1 aromatic heterocycles. The summed E-state index contributed by atoms with van der Waals surface area (Å²) in [7, 11) is -1.77. The lowest BCUT2D eigenvalue weighted by Gasteiger charge is -2.37. The number of likely N-dealkylation sites (tertiary alicyclic amines) is 1. The van der Waals surface area contributed by atoms with Gasteiger partial charge in [-0.05, 0) is 49.9 Å². The van der Waals surface area contributed by atoms with E-state index in [-0.39, 0.29) is 15.6 Å². The zero-order chi connectivity index (χ0) is 25.9. The van der Waals surface area contributed by atoms with Gasteiger partial charge in [-0.15, -0.1) is 23.1 Å². The fourth-order valence-corrected chi connectivity index (χ4v) is 7.08. The number of alkyl halides is 3. The number of nitrogens with two attached hydrogens (primary N) is 1. The minimum absolute atomic E-state index is 0.147. The molecule has 0 aliphatic carbocycles. The summed E-state index contributed by atoms with van der Waals surface area (Å²) >= 11 is 2.52. The first kappa shape index (κ1) is 28.1. The third kappa shape index (κ3) is 6.50. The van der Waals surface area contributed by atoms with Crippen molar-refractivity contribution in [2.45, 2.75) is 38.6 Å². The molecule has 2 aromatic rings. The van der Waals surface area contributed by atoms with E-state index in [0.717, 1.165) is 13.1 Å². The molecule has 1 aliphatic heterocycles.